The van der Waals surface area contributed by atoms with Crippen molar-refractivity contribution in [2.24, 2.45) is 0 Å². The molecule has 0 aliphatic carbocycles. The first-order chi connectivity index (χ1) is 10.7. The van der Waals surface area contributed by atoms with Crippen molar-refractivity contribution < 1.29 is 14.3 Å². The number of anilines is 1. The number of nitrogens with zero attached hydrogens (tertiary/aromatic N) is 2. The van der Waals surface area contributed by atoms with Crippen LogP contribution in [0.25, 0.3) is 0 Å². The van der Waals surface area contributed by atoms with Gasteiger partial charge in [0.1, 0.15) is 12.3 Å². The summed E-state index contributed by atoms with van der Waals surface area (Å²) < 4.78 is 6.87. The van der Waals surface area contributed by atoms with Gasteiger partial charge in [0.25, 0.3) is 5.91 Å². The molecule has 2 N–H and O–H groups in total. The molecule has 2 rings (SSSR count). The third kappa shape index (κ3) is 4.93. The Kier molecular flexibility index (Phi) is 5.53. The maximum Gasteiger partial charge on any atom is 0.257 e. The number of rotatable bonds is 7. The highest BCUT2D eigenvalue weighted by Crippen LogP contribution is 2.15. The van der Waals surface area contributed by atoms with Crippen LogP contribution >= 0.6 is 0 Å². The van der Waals surface area contributed by atoms with Gasteiger partial charge in [-0.2, -0.15) is 5.10 Å². The van der Waals surface area contributed by atoms with Crippen LogP contribution in [-0.4, -0.2) is 34.7 Å². The monoisotopic (exact) mass is 302 g/mol. The van der Waals surface area contributed by atoms with Crippen molar-refractivity contribution in [1.29, 1.82) is 0 Å². The van der Waals surface area contributed by atoms with E-state index < -0.39 is 0 Å². The van der Waals surface area contributed by atoms with E-state index >= 15 is 0 Å². The van der Waals surface area contributed by atoms with Gasteiger partial charge in [0.05, 0.1) is 0 Å². The lowest BCUT2D eigenvalue weighted by Crippen LogP contribution is -2.28. The number of likely N-dealkylation sites (N-methyl/N-ethyl adjacent to an activating group) is 1. The van der Waals surface area contributed by atoms with Gasteiger partial charge in [0.15, 0.2) is 6.61 Å². The molecule has 0 radical (unpaired) electrons. The number of carbonyl (C=O) groups is 2. The number of amides is 2. The van der Waals surface area contributed by atoms with Crippen LogP contribution in [0.2, 0.25) is 0 Å². The number of hydrogen-bond donors (Lipinski definition) is 2. The van der Waals surface area contributed by atoms with Gasteiger partial charge in [0, 0.05) is 24.6 Å². The van der Waals surface area contributed by atoms with E-state index in [1.165, 1.54) is 0 Å². The van der Waals surface area contributed by atoms with Gasteiger partial charge in [-0.1, -0.05) is 0 Å². The summed E-state index contributed by atoms with van der Waals surface area (Å²) in [6.45, 7) is 2.54. The molecule has 2 amide bonds. The lowest BCUT2D eigenvalue weighted by Gasteiger charge is -2.08. The van der Waals surface area contributed by atoms with E-state index in [-0.39, 0.29) is 25.0 Å². The van der Waals surface area contributed by atoms with Crippen molar-refractivity contribution in [2.75, 3.05) is 18.5 Å². The molecule has 2 aromatic rings. The predicted octanol–water partition coefficient (Wildman–Crippen LogP) is 1.04. The second-order valence-corrected chi connectivity index (χ2v) is 4.52. The van der Waals surface area contributed by atoms with Gasteiger partial charge >= 0.3 is 0 Å². The van der Waals surface area contributed by atoms with E-state index in [2.05, 4.69) is 15.7 Å². The van der Waals surface area contributed by atoms with E-state index in [9.17, 15) is 9.59 Å². The highest BCUT2D eigenvalue weighted by atomic mass is 16.5. The number of hydrogen-bond acceptors (Lipinski definition) is 4. The Morgan fingerprint density at radius 1 is 1.23 bits per heavy atom. The van der Waals surface area contributed by atoms with Crippen molar-refractivity contribution in [3.05, 3.63) is 42.7 Å². The van der Waals surface area contributed by atoms with Crippen LogP contribution in [0.5, 0.6) is 5.75 Å². The topological polar surface area (TPSA) is 85.3 Å². The summed E-state index contributed by atoms with van der Waals surface area (Å²) >= 11 is 0. The quantitative estimate of drug-likeness (QED) is 0.800. The van der Waals surface area contributed by atoms with Crippen molar-refractivity contribution in [2.45, 2.75) is 13.5 Å². The zero-order chi connectivity index (χ0) is 15.8. The third-order valence-corrected chi connectivity index (χ3v) is 2.75. The van der Waals surface area contributed by atoms with E-state index in [1.54, 1.807) is 47.4 Å². The second kappa shape index (κ2) is 7.82. The summed E-state index contributed by atoms with van der Waals surface area (Å²) in [5, 5.41) is 9.37. The number of nitrogens with one attached hydrogen (secondary N) is 2. The molecule has 0 spiro atoms. The van der Waals surface area contributed by atoms with Crippen molar-refractivity contribution in [3.8, 4) is 5.75 Å². The molecule has 0 atom stereocenters. The molecule has 1 aromatic carbocycles. The molecule has 7 nitrogen and oxygen atoms in total. The molecule has 1 heterocycles. The van der Waals surface area contributed by atoms with Crippen LogP contribution in [0.3, 0.4) is 0 Å². The van der Waals surface area contributed by atoms with Gasteiger partial charge in [0.2, 0.25) is 5.91 Å². The second-order valence-electron chi connectivity index (χ2n) is 4.52. The molecule has 1 aromatic heterocycles. The van der Waals surface area contributed by atoms with E-state index in [0.717, 1.165) is 0 Å². The minimum Gasteiger partial charge on any atom is -0.484 e. The van der Waals surface area contributed by atoms with E-state index in [4.69, 9.17) is 4.74 Å². The smallest absolute Gasteiger partial charge is 0.257 e. The Hall–Kier alpha value is -2.83. The Labute approximate surface area is 128 Å². The summed E-state index contributed by atoms with van der Waals surface area (Å²) in [5.41, 5.74) is 0.655. The average Bonchev–Trinajstić information content (AvgIpc) is 2.99. The average molecular weight is 302 g/mol. The maximum atomic E-state index is 11.8. The van der Waals surface area contributed by atoms with Gasteiger partial charge in [-0.25, -0.2) is 0 Å². The van der Waals surface area contributed by atoms with Crippen LogP contribution in [-0.2, 0) is 16.1 Å². The molecule has 116 valence electrons. The molecule has 0 aliphatic heterocycles. The fraction of sp³-hybridized carbons (Fsp3) is 0.267. The van der Waals surface area contributed by atoms with Crippen molar-refractivity contribution in [3.63, 3.8) is 0 Å². The normalized spacial score (nSPS) is 10.0. The first kappa shape index (κ1) is 15.6. The van der Waals surface area contributed by atoms with Crippen LogP contribution in [0.1, 0.15) is 6.92 Å². The van der Waals surface area contributed by atoms with Gasteiger partial charge in [-0.15, -0.1) is 0 Å². The molecule has 0 aliphatic rings. The highest BCUT2D eigenvalue weighted by Gasteiger charge is 2.05. The summed E-state index contributed by atoms with van der Waals surface area (Å²) in [5.74, 6) is 0.232. The Balaban J connectivity index is 1.81. The fourth-order valence-corrected chi connectivity index (χ4v) is 1.77. The zero-order valence-corrected chi connectivity index (χ0v) is 12.3. The number of benzene rings is 1. The maximum absolute atomic E-state index is 11.8. The van der Waals surface area contributed by atoms with Gasteiger partial charge < -0.3 is 15.4 Å². The van der Waals surface area contributed by atoms with Crippen molar-refractivity contribution in [1.82, 2.24) is 15.1 Å². The molecule has 7 heteroatoms. The highest BCUT2D eigenvalue weighted by molar-refractivity contribution is 5.90. The Morgan fingerprint density at radius 2 is 2.00 bits per heavy atom. The summed E-state index contributed by atoms with van der Waals surface area (Å²) in [6, 6.07) is 8.59. The van der Waals surface area contributed by atoms with E-state index in [0.29, 0.717) is 18.0 Å². The first-order valence-corrected chi connectivity index (χ1v) is 6.94. The van der Waals surface area contributed by atoms with E-state index in [1.807, 2.05) is 6.92 Å². The molecule has 0 saturated carbocycles. The predicted molar refractivity (Wildman–Crippen MR) is 81.5 cm³/mol. The van der Waals surface area contributed by atoms with Crippen LogP contribution in [0.4, 0.5) is 5.69 Å². The SMILES string of the molecule is CCNC(=O)COc1ccc(NC(=O)Cn2cccn2)cc1. The Morgan fingerprint density at radius 3 is 2.64 bits per heavy atom. The lowest BCUT2D eigenvalue weighted by molar-refractivity contribution is -0.123. The third-order valence-electron chi connectivity index (χ3n) is 2.75. The lowest BCUT2D eigenvalue weighted by atomic mass is 10.3. The van der Waals surface area contributed by atoms with Crippen molar-refractivity contribution >= 4 is 17.5 Å². The summed E-state index contributed by atoms with van der Waals surface area (Å²) in [6.07, 6.45) is 3.34. The summed E-state index contributed by atoms with van der Waals surface area (Å²) in [7, 11) is 0. The minimum absolute atomic E-state index is 0.0289. The largest absolute Gasteiger partial charge is 0.484 e. The molecular weight excluding hydrogens is 284 g/mol. The number of carbonyl (C=O) groups excluding carboxylic acids is 2. The number of ether oxygens (including phenoxy) is 1. The zero-order valence-electron chi connectivity index (χ0n) is 12.3. The molecule has 0 unspecified atom stereocenters. The van der Waals surface area contributed by atoms with Gasteiger partial charge in [-0.05, 0) is 37.3 Å². The standard InChI is InChI=1S/C15H18N4O3/c1-2-16-15(21)11-22-13-6-4-12(5-7-13)18-14(20)10-19-9-3-8-17-19/h3-9H,2,10-11H2,1H3,(H,16,21)(H,18,20). The molecule has 22 heavy (non-hydrogen) atoms. The van der Waals surface area contributed by atoms with Crippen LogP contribution in [0, 0.1) is 0 Å². The molecule has 0 saturated heterocycles. The minimum atomic E-state index is -0.167. The molecular formula is C15H18N4O3. The molecule has 0 fully saturated rings. The van der Waals surface area contributed by atoms with Gasteiger partial charge in [-0.3, -0.25) is 14.3 Å². The summed E-state index contributed by atoms with van der Waals surface area (Å²) in [4.78, 5) is 23.1. The molecule has 0 bridgehead atoms. The number of aromatic nitrogens is 2. The fourth-order valence-electron chi connectivity index (χ4n) is 1.77. The first-order valence-electron chi connectivity index (χ1n) is 6.94. The Bertz CT molecular complexity index is 608. The van der Waals surface area contributed by atoms with Crippen LogP contribution in [0.15, 0.2) is 42.7 Å². The van der Waals surface area contributed by atoms with Crippen LogP contribution < -0.4 is 15.4 Å².